The highest BCUT2D eigenvalue weighted by Gasteiger charge is 2.12. The Bertz CT molecular complexity index is 274. The zero-order valence-corrected chi connectivity index (χ0v) is 8.84. The molecule has 1 aromatic heterocycles. The summed E-state index contributed by atoms with van der Waals surface area (Å²) < 4.78 is 0. The van der Waals surface area contributed by atoms with E-state index in [1.807, 2.05) is 7.05 Å². The molecule has 0 spiro atoms. The summed E-state index contributed by atoms with van der Waals surface area (Å²) in [5, 5.41) is 3.15. The molecule has 0 atom stereocenters. The average Bonchev–Trinajstić information content (AvgIpc) is 2.79. The van der Waals surface area contributed by atoms with Crippen molar-refractivity contribution in [2.45, 2.75) is 25.9 Å². The third-order valence-corrected chi connectivity index (χ3v) is 2.77. The average molecular weight is 193 g/mol. The maximum Gasteiger partial charge on any atom is 0.0385 e. The molecule has 1 aliphatic heterocycles. The van der Waals surface area contributed by atoms with E-state index in [2.05, 4.69) is 27.3 Å². The molecule has 0 unspecified atom stereocenters. The van der Waals surface area contributed by atoms with Crippen LogP contribution in [0.25, 0.3) is 0 Å². The summed E-state index contributed by atoms with van der Waals surface area (Å²) in [5.74, 6) is 0. The summed E-state index contributed by atoms with van der Waals surface area (Å²) in [4.78, 5) is 5.95. The number of nitrogens with zero attached hydrogens (tertiary/aromatic N) is 1. The van der Waals surface area contributed by atoms with Crippen molar-refractivity contribution >= 4 is 0 Å². The standard InChI is InChI=1S/C11H19N3/c1-12-8-10-4-5-11(13-10)9-14-6-2-3-7-14/h4-5,12-13H,2-3,6-9H2,1H3. The Morgan fingerprint density at radius 2 is 2.00 bits per heavy atom. The van der Waals surface area contributed by atoms with E-state index in [9.17, 15) is 0 Å². The van der Waals surface area contributed by atoms with Crippen LogP contribution in [0.3, 0.4) is 0 Å². The summed E-state index contributed by atoms with van der Waals surface area (Å²) in [6.07, 6.45) is 2.73. The first-order valence-electron chi connectivity index (χ1n) is 5.42. The molecule has 3 nitrogen and oxygen atoms in total. The first kappa shape index (κ1) is 9.74. The van der Waals surface area contributed by atoms with E-state index in [4.69, 9.17) is 0 Å². The minimum atomic E-state index is 0.931. The number of aromatic nitrogens is 1. The highest BCUT2D eigenvalue weighted by Crippen LogP contribution is 2.12. The molecule has 0 bridgehead atoms. The van der Waals surface area contributed by atoms with E-state index in [-0.39, 0.29) is 0 Å². The van der Waals surface area contributed by atoms with Gasteiger partial charge in [0, 0.05) is 24.5 Å². The lowest BCUT2D eigenvalue weighted by Gasteiger charge is -2.12. The van der Waals surface area contributed by atoms with Gasteiger partial charge >= 0.3 is 0 Å². The molecule has 1 aromatic rings. The predicted octanol–water partition coefficient (Wildman–Crippen LogP) is 1.33. The van der Waals surface area contributed by atoms with Crippen LogP contribution in [-0.4, -0.2) is 30.0 Å². The van der Waals surface area contributed by atoms with Gasteiger partial charge in [0.25, 0.3) is 0 Å². The second-order valence-electron chi connectivity index (χ2n) is 4.02. The summed E-state index contributed by atoms with van der Waals surface area (Å²) >= 11 is 0. The molecule has 0 saturated carbocycles. The van der Waals surface area contributed by atoms with E-state index >= 15 is 0 Å². The lowest BCUT2D eigenvalue weighted by molar-refractivity contribution is 0.327. The molecule has 1 aliphatic rings. The number of H-pyrrole nitrogens is 1. The highest BCUT2D eigenvalue weighted by molar-refractivity contribution is 5.13. The SMILES string of the molecule is CNCc1ccc(CN2CCCC2)[nH]1. The Labute approximate surface area is 85.5 Å². The van der Waals surface area contributed by atoms with Gasteiger partial charge in [0.15, 0.2) is 0 Å². The van der Waals surface area contributed by atoms with Crippen LogP contribution in [0, 0.1) is 0 Å². The molecular weight excluding hydrogens is 174 g/mol. The second-order valence-corrected chi connectivity index (χ2v) is 4.02. The van der Waals surface area contributed by atoms with Gasteiger partial charge in [-0.3, -0.25) is 4.90 Å². The van der Waals surface area contributed by atoms with Crippen molar-refractivity contribution in [3.05, 3.63) is 23.5 Å². The molecule has 14 heavy (non-hydrogen) atoms. The number of hydrogen-bond donors (Lipinski definition) is 2. The van der Waals surface area contributed by atoms with Crippen LogP contribution in [0.5, 0.6) is 0 Å². The lowest BCUT2D eigenvalue weighted by atomic mass is 10.4. The van der Waals surface area contributed by atoms with Crippen molar-refractivity contribution in [3.8, 4) is 0 Å². The van der Waals surface area contributed by atoms with Gasteiger partial charge in [-0.05, 0) is 45.1 Å². The molecule has 78 valence electrons. The fourth-order valence-electron chi connectivity index (χ4n) is 2.06. The van der Waals surface area contributed by atoms with Crippen LogP contribution in [0.1, 0.15) is 24.2 Å². The maximum atomic E-state index is 3.44. The first-order chi connectivity index (χ1) is 6.88. The van der Waals surface area contributed by atoms with E-state index in [1.165, 1.54) is 37.3 Å². The lowest BCUT2D eigenvalue weighted by Crippen LogP contribution is -2.18. The molecule has 0 aromatic carbocycles. The van der Waals surface area contributed by atoms with Crippen molar-refractivity contribution in [3.63, 3.8) is 0 Å². The largest absolute Gasteiger partial charge is 0.360 e. The van der Waals surface area contributed by atoms with E-state index in [0.29, 0.717) is 0 Å². The second kappa shape index (κ2) is 4.62. The van der Waals surface area contributed by atoms with Crippen LogP contribution in [0.2, 0.25) is 0 Å². The molecule has 2 N–H and O–H groups in total. The molecule has 3 heteroatoms. The van der Waals surface area contributed by atoms with Gasteiger partial charge < -0.3 is 10.3 Å². The van der Waals surface area contributed by atoms with Gasteiger partial charge in [-0.1, -0.05) is 0 Å². The number of rotatable bonds is 4. The predicted molar refractivity (Wildman–Crippen MR) is 58.1 cm³/mol. The Kier molecular flexibility index (Phi) is 3.22. The zero-order chi connectivity index (χ0) is 9.80. The highest BCUT2D eigenvalue weighted by atomic mass is 15.1. The van der Waals surface area contributed by atoms with E-state index in [0.717, 1.165) is 13.1 Å². The zero-order valence-electron chi connectivity index (χ0n) is 8.84. The fraction of sp³-hybridized carbons (Fsp3) is 0.636. The summed E-state index contributed by atoms with van der Waals surface area (Å²) in [6, 6.07) is 4.37. The maximum absolute atomic E-state index is 3.44. The summed E-state index contributed by atoms with van der Waals surface area (Å²) in [7, 11) is 1.97. The first-order valence-corrected chi connectivity index (χ1v) is 5.42. The van der Waals surface area contributed by atoms with Crippen molar-refractivity contribution in [2.75, 3.05) is 20.1 Å². The Morgan fingerprint density at radius 3 is 2.71 bits per heavy atom. The Balaban J connectivity index is 1.88. The quantitative estimate of drug-likeness (QED) is 0.756. The Morgan fingerprint density at radius 1 is 1.29 bits per heavy atom. The number of hydrogen-bond acceptors (Lipinski definition) is 2. The van der Waals surface area contributed by atoms with Crippen molar-refractivity contribution < 1.29 is 0 Å². The van der Waals surface area contributed by atoms with Crippen molar-refractivity contribution in [2.24, 2.45) is 0 Å². The number of likely N-dealkylation sites (tertiary alicyclic amines) is 1. The molecule has 0 radical (unpaired) electrons. The molecule has 0 amide bonds. The molecular formula is C11H19N3. The smallest absolute Gasteiger partial charge is 0.0385 e. The third-order valence-electron chi connectivity index (χ3n) is 2.77. The van der Waals surface area contributed by atoms with Crippen LogP contribution in [0.4, 0.5) is 0 Å². The molecule has 2 rings (SSSR count). The van der Waals surface area contributed by atoms with Crippen LogP contribution in [0.15, 0.2) is 12.1 Å². The minimum Gasteiger partial charge on any atom is -0.360 e. The van der Waals surface area contributed by atoms with Gasteiger partial charge in [-0.25, -0.2) is 0 Å². The fourth-order valence-corrected chi connectivity index (χ4v) is 2.06. The topological polar surface area (TPSA) is 31.1 Å². The van der Waals surface area contributed by atoms with E-state index < -0.39 is 0 Å². The van der Waals surface area contributed by atoms with Crippen molar-refractivity contribution in [1.82, 2.24) is 15.2 Å². The normalized spacial score (nSPS) is 17.8. The Hall–Kier alpha value is -0.800. The number of aromatic amines is 1. The van der Waals surface area contributed by atoms with Crippen LogP contribution >= 0.6 is 0 Å². The summed E-state index contributed by atoms with van der Waals surface area (Å²) in [6.45, 7) is 4.55. The minimum absolute atomic E-state index is 0.931. The van der Waals surface area contributed by atoms with Gasteiger partial charge in [-0.2, -0.15) is 0 Å². The molecule has 1 saturated heterocycles. The molecule has 0 aliphatic carbocycles. The summed E-state index contributed by atoms with van der Waals surface area (Å²) in [5.41, 5.74) is 2.62. The van der Waals surface area contributed by atoms with Gasteiger partial charge in [0.1, 0.15) is 0 Å². The van der Waals surface area contributed by atoms with Gasteiger partial charge in [0.2, 0.25) is 0 Å². The van der Waals surface area contributed by atoms with Crippen LogP contribution in [-0.2, 0) is 13.1 Å². The van der Waals surface area contributed by atoms with Crippen molar-refractivity contribution in [1.29, 1.82) is 0 Å². The monoisotopic (exact) mass is 193 g/mol. The van der Waals surface area contributed by atoms with Gasteiger partial charge in [0.05, 0.1) is 0 Å². The number of nitrogens with one attached hydrogen (secondary N) is 2. The van der Waals surface area contributed by atoms with Crippen LogP contribution < -0.4 is 5.32 Å². The van der Waals surface area contributed by atoms with E-state index in [1.54, 1.807) is 0 Å². The molecule has 1 fully saturated rings. The molecule has 2 heterocycles. The third kappa shape index (κ3) is 2.36. The van der Waals surface area contributed by atoms with Gasteiger partial charge in [-0.15, -0.1) is 0 Å².